The summed E-state index contributed by atoms with van der Waals surface area (Å²) in [6.07, 6.45) is -0.0896. The molecule has 0 radical (unpaired) electrons. The standard InChI is InChI=1S/C9H23N3O3/c1-2-9(11,6-14)8(15)12-7(5-13)3-4-10/h7-8,12-15H,2-6,10-11H2,1H3. The third kappa shape index (κ3) is 4.42. The van der Waals surface area contributed by atoms with Gasteiger partial charge in [0, 0.05) is 6.04 Å². The maximum atomic E-state index is 9.75. The Hall–Kier alpha value is -0.240. The van der Waals surface area contributed by atoms with Crippen molar-refractivity contribution in [2.75, 3.05) is 19.8 Å². The molecule has 15 heavy (non-hydrogen) atoms. The van der Waals surface area contributed by atoms with Crippen LogP contribution >= 0.6 is 0 Å². The van der Waals surface area contributed by atoms with Gasteiger partial charge in [0.25, 0.3) is 0 Å². The van der Waals surface area contributed by atoms with Crippen LogP contribution in [0.15, 0.2) is 0 Å². The zero-order valence-corrected chi connectivity index (χ0v) is 9.19. The van der Waals surface area contributed by atoms with Crippen molar-refractivity contribution in [3.05, 3.63) is 0 Å². The van der Waals surface area contributed by atoms with Gasteiger partial charge in [-0.2, -0.15) is 0 Å². The lowest BCUT2D eigenvalue weighted by Gasteiger charge is -2.34. The third-order valence-corrected chi connectivity index (χ3v) is 2.63. The minimum atomic E-state index is -1.08. The number of nitrogens with two attached hydrogens (primary N) is 2. The maximum Gasteiger partial charge on any atom is 0.125 e. The van der Waals surface area contributed by atoms with E-state index in [1.807, 2.05) is 0 Å². The Bertz CT molecular complexity index is 165. The molecule has 0 aromatic carbocycles. The number of hydrogen-bond donors (Lipinski definition) is 6. The number of nitrogens with one attached hydrogen (secondary N) is 1. The van der Waals surface area contributed by atoms with Crippen LogP contribution in [0.25, 0.3) is 0 Å². The molecule has 0 bridgehead atoms. The molecule has 3 atom stereocenters. The van der Waals surface area contributed by atoms with Crippen molar-refractivity contribution in [2.24, 2.45) is 11.5 Å². The van der Waals surface area contributed by atoms with Crippen molar-refractivity contribution in [2.45, 2.75) is 37.6 Å². The molecule has 0 aliphatic heterocycles. The molecule has 0 aromatic rings. The van der Waals surface area contributed by atoms with Gasteiger partial charge in [0.1, 0.15) is 6.23 Å². The molecule has 92 valence electrons. The molecule has 0 saturated heterocycles. The van der Waals surface area contributed by atoms with Crippen LogP contribution in [0, 0.1) is 0 Å². The summed E-state index contributed by atoms with van der Waals surface area (Å²) < 4.78 is 0. The van der Waals surface area contributed by atoms with Crippen molar-refractivity contribution in [1.29, 1.82) is 0 Å². The lowest BCUT2D eigenvalue weighted by Crippen LogP contribution is -2.61. The summed E-state index contributed by atoms with van der Waals surface area (Å²) in [5, 5.41) is 30.5. The Balaban J connectivity index is 4.24. The van der Waals surface area contributed by atoms with Crippen LogP contribution in [0.5, 0.6) is 0 Å². The first kappa shape index (κ1) is 14.8. The Labute approximate surface area is 90.3 Å². The molecule has 0 fully saturated rings. The number of hydrogen-bond acceptors (Lipinski definition) is 6. The molecule has 0 amide bonds. The van der Waals surface area contributed by atoms with E-state index in [2.05, 4.69) is 5.32 Å². The molecule has 6 heteroatoms. The predicted octanol–water partition coefficient (Wildman–Crippen LogP) is -2.30. The second kappa shape index (κ2) is 7.10. The van der Waals surface area contributed by atoms with Gasteiger partial charge in [-0.05, 0) is 19.4 Å². The molecular formula is C9H23N3O3. The van der Waals surface area contributed by atoms with Gasteiger partial charge in [-0.1, -0.05) is 6.92 Å². The summed E-state index contributed by atoms with van der Waals surface area (Å²) >= 11 is 0. The monoisotopic (exact) mass is 221 g/mol. The second-order valence-corrected chi connectivity index (χ2v) is 3.77. The molecule has 0 aliphatic rings. The number of aliphatic hydroxyl groups is 3. The summed E-state index contributed by atoms with van der Waals surface area (Å²) in [7, 11) is 0. The summed E-state index contributed by atoms with van der Waals surface area (Å²) in [6.45, 7) is 1.74. The highest BCUT2D eigenvalue weighted by Crippen LogP contribution is 2.10. The smallest absolute Gasteiger partial charge is 0.125 e. The first-order valence-electron chi connectivity index (χ1n) is 5.18. The van der Waals surface area contributed by atoms with Gasteiger partial charge in [-0.15, -0.1) is 0 Å². The quantitative estimate of drug-likeness (QED) is 0.256. The fourth-order valence-electron chi connectivity index (χ4n) is 1.21. The molecule has 0 rings (SSSR count). The van der Waals surface area contributed by atoms with E-state index in [0.717, 1.165) is 0 Å². The van der Waals surface area contributed by atoms with Gasteiger partial charge in [0.05, 0.1) is 18.8 Å². The fraction of sp³-hybridized carbons (Fsp3) is 1.00. The van der Waals surface area contributed by atoms with Gasteiger partial charge in [0.15, 0.2) is 0 Å². The van der Waals surface area contributed by atoms with Crippen LogP contribution in [0.2, 0.25) is 0 Å². The van der Waals surface area contributed by atoms with E-state index in [1.165, 1.54) is 0 Å². The highest BCUT2D eigenvalue weighted by atomic mass is 16.3. The highest BCUT2D eigenvalue weighted by molar-refractivity contribution is 4.90. The Morgan fingerprint density at radius 2 is 2.00 bits per heavy atom. The largest absolute Gasteiger partial charge is 0.395 e. The minimum Gasteiger partial charge on any atom is -0.395 e. The molecule has 0 saturated carbocycles. The fourth-order valence-corrected chi connectivity index (χ4v) is 1.21. The van der Waals surface area contributed by atoms with Gasteiger partial charge in [-0.3, -0.25) is 5.32 Å². The summed E-state index contributed by atoms with van der Waals surface area (Å²) in [4.78, 5) is 0. The maximum absolute atomic E-state index is 9.75. The molecule has 6 nitrogen and oxygen atoms in total. The number of rotatable bonds is 8. The van der Waals surface area contributed by atoms with Gasteiger partial charge in [-0.25, -0.2) is 0 Å². The third-order valence-electron chi connectivity index (χ3n) is 2.63. The van der Waals surface area contributed by atoms with Crippen LogP contribution in [0.3, 0.4) is 0 Å². The van der Waals surface area contributed by atoms with Crippen molar-refractivity contribution < 1.29 is 15.3 Å². The van der Waals surface area contributed by atoms with E-state index >= 15 is 0 Å². The van der Waals surface area contributed by atoms with Crippen molar-refractivity contribution in [3.63, 3.8) is 0 Å². The molecule has 3 unspecified atom stereocenters. The SMILES string of the molecule is CCC(N)(CO)C(O)NC(CO)CCN. The van der Waals surface area contributed by atoms with E-state index in [9.17, 15) is 5.11 Å². The van der Waals surface area contributed by atoms with Gasteiger partial charge in [0.2, 0.25) is 0 Å². The zero-order valence-electron chi connectivity index (χ0n) is 9.19. The van der Waals surface area contributed by atoms with Crippen molar-refractivity contribution in [3.8, 4) is 0 Å². The van der Waals surface area contributed by atoms with Crippen LogP contribution in [-0.4, -0.2) is 52.9 Å². The van der Waals surface area contributed by atoms with Gasteiger partial charge >= 0.3 is 0 Å². The Morgan fingerprint density at radius 1 is 1.40 bits per heavy atom. The molecular weight excluding hydrogens is 198 g/mol. The molecule has 8 N–H and O–H groups in total. The first-order valence-corrected chi connectivity index (χ1v) is 5.18. The first-order chi connectivity index (χ1) is 7.03. The van der Waals surface area contributed by atoms with Crippen LogP contribution in [0.1, 0.15) is 19.8 Å². The van der Waals surface area contributed by atoms with E-state index in [4.69, 9.17) is 21.7 Å². The Kier molecular flexibility index (Phi) is 6.99. The lowest BCUT2D eigenvalue weighted by atomic mass is 9.95. The van der Waals surface area contributed by atoms with E-state index in [-0.39, 0.29) is 19.3 Å². The van der Waals surface area contributed by atoms with Crippen molar-refractivity contribution >= 4 is 0 Å². The summed E-state index contributed by atoms with van der Waals surface area (Å²) in [5.41, 5.74) is 10.0. The highest BCUT2D eigenvalue weighted by Gasteiger charge is 2.32. The summed E-state index contributed by atoms with van der Waals surface area (Å²) in [5.74, 6) is 0. The topological polar surface area (TPSA) is 125 Å². The van der Waals surface area contributed by atoms with Crippen LogP contribution < -0.4 is 16.8 Å². The summed E-state index contributed by atoms with van der Waals surface area (Å²) in [6, 6.07) is -0.300. The van der Waals surface area contributed by atoms with Gasteiger partial charge < -0.3 is 26.8 Å². The number of aliphatic hydroxyl groups excluding tert-OH is 3. The van der Waals surface area contributed by atoms with Crippen molar-refractivity contribution in [1.82, 2.24) is 5.32 Å². The van der Waals surface area contributed by atoms with E-state index in [0.29, 0.717) is 19.4 Å². The average molecular weight is 221 g/mol. The second-order valence-electron chi connectivity index (χ2n) is 3.77. The molecule has 0 spiro atoms. The van der Waals surface area contributed by atoms with Crippen LogP contribution in [0.4, 0.5) is 0 Å². The van der Waals surface area contributed by atoms with E-state index < -0.39 is 11.8 Å². The average Bonchev–Trinajstić information content (AvgIpc) is 2.27. The van der Waals surface area contributed by atoms with E-state index in [1.54, 1.807) is 6.92 Å². The van der Waals surface area contributed by atoms with Crippen LogP contribution in [-0.2, 0) is 0 Å². The predicted molar refractivity (Wildman–Crippen MR) is 58.0 cm³/mol. The molecule has 0 aromatic heterocycles. The molecule has 0 aliphatic carbocycles. The lowest BCUT2D eigenvalue weighted by molar-refractivity contribution is 0.00331. The Morgan fingerprint density at radius 3 is 2.33 bits per heavy atom. The molecule has 0 heterocycles. The normalized spacial score (nSPS) is 19.6. The minimum absolute atomic E-state index is 0.126. The zero-order chi connectivity index (χ0) is 11.9.